The van der Waals surface area contributed by atoms with Crippen molar-refractivity contribution in [3.8, 4) is 11.8 Å². The first-order valence-corrected chi connectivity index (χ1v) is 15.7. The minimum Gasteiger partial charge on any atom is -0.504 e. The van der Waals surface area contributed by atoms with E-state index in [4.69, 9.17) is 5.26 Å². The fourth-order valence-electron chi connectivity index (χ4n) is 5.66. The van der Waals surface area contributed by atoms with Crippen LogP contribution in [0.1, 0.15) is 59.8 Å². The number of rotatable bonds is 5. The summed E-state index contributed by atoms with van der Waals surface area (Å²) in [6, 6.07) is 2.16. The standard InChI is InChI=1S/C14H17F7N2O2.C13H13FN4O3.C4H10/c15-12(13(16,17)18,14(19,20)21)11(25)22-5-10(24)23-6-8-3-1-2-4-9(8)7-23;1-7(19)18-6-8(2-10(18)4-15)13(21)17-12-11(20)3-9(14)5-16-12;1-4(2)3/h8-9H,1-7H2,(H,22,25);3,5,8,10,20H,2,6H2,1H3,(H,16,17,21);4H,1-3H3. The molecular formula is C31H40F8N6O5. The van der Waals surface area contributed by atoms with Crippen molar-refractivity contribution in [3.63, 3.8) is 0 Å². The maximum Gasteiger partial charge on any atom is 0.441 e. The lowest BCUT2D eigenvalue weighted by Gasteiger charge is -2.28. The maximum absolute atomic E-state index is 13.5. The summed E-state index contributed by atoms with van der Waals surface area (Å²) in [5.74, 6) is -5.13. The van der Waals surface area contributed by atoms with Crippen LogP contribution in [-0.4, -0.2) is 93.8 Å². The summed E-state index contributed by atoms with van der Waals surface area (Å²) in [6.45, 7) is 7.53. The molecular weight excluding hydrogens is 688 g/mol. The predicted molar refractivity (Wildman–Crippen MR) is 161 cm³/mol. The van der Waals surface area contributed by atoms with Gasteiger partial charge in [0, 0.05) is 32.6 Å². The molecule has 1 aromatic rings. The van der Waals surface area contributed by atoms with Crippen molar-refractivity contribution >= 4 is 29.4 Å². The molecule has 3 aliphatic rings. The van der Waals surface area contributed by atoms with Crippen molar-refractivity contribution in [1.82, 2.24) is 20.1 Å². The van der Waals surface area contributed by atoms with Gasteiger partial charge in [-0.1, -0.05) is 33.6 Å². The van der Waals surface area contributed by atoms with Crippen molar-refractivity contribution in [2.45, 2.75) is 83.9 Å². The number of fused-ring (bicyclic) bond motifs is 1. The molecule has 50 heavy (non-hydrogen) atoms. The van der Waals surface area contributed by atoms with Crippen molar-refractivity contribution in [2.75, 3.05) is 31.5 Å². The van der Waals surface area contributed by atoms with E-state index < -0.39 is 65.8 Å². The van der Waals surface area contributed by atoms with Crippen molar-refractivity contribution in [2.24, 2.45) is 23.7 Å². The Kier molecular flexibility index (Phi) is 14.4. The van der Waals surface area contributed by atoms with Crippen LogP contribution in [0.25, 0.3) is 0 Å². The van der Waals surface area contributed by atoms with E-state index in [0.29, 0.717) is 13.1 Å². The number of likely N-dealkylation sites (tertiary alicyclic amines) is 2. The fraction of sp³-hybridized carbons (Fsp3) is 0.677. The highest BCUT2D eigenvalue weighted by Gasteiger charge is 2.77. The quantitative estimate of drug-likeness (QED) is 0.366. The Balaban J connectivity index is 0.000000317. The third kappa shape index (κ3) is 10.6. The third-order valence-corrected chi connectivity index (χ3v) is 8.12. The Labute approximate surface area is 283 Å². The maximum atomic E-state index is 13.5. The molecule has 4 rings (SSSR count). The van der Waals surface area contributed by atoms with Crippen molar-refractivity contribution in [1.29, 1.82) is 5.26 Å². The lowest BCUT2D eigenvalue weighted by atomic mass is 9.82. The first-order valence-electron chi connectivity index (χ1n) is 15.7. The molecule has 3 fully saturated rings. The van der Waals surface area contributed by atoms with Gasteiger partial charge in [-0.3, -0.25) is 19.2 Å². The van der Waals surface area contributed by atoms with Crippen LogP contribution in [0.3, 0.4) is 0 Å². The lowest BCUT2D eigenvalue weighted by Crippen LogP contribution is -2.63. The number of nitrogens with one attached hydrogen (secondary N) is 2. The normalized spacial score (nSPS) is 21.9. The molecule has 280 valence electrons. The molecule has 4 atom stereocenters. The summed E-state index contributed by atoms with van der Waals surface area (Å²) in [6.07, 6.45) is -8.09. The number of amides is 4. The molecule has 4 unspecified atom stereocenters. The minimum absolute atomic E-state index is 0.126. The number of nitriles is 1. The van der Waals surface area contributed by atoms with E-state index in [0.717, 1.165) is 49.2 Å². The average molecular weight is 729 g/mol. The topological polar surface area (TPSA) is 156 Å². The number of anilines is 1. The summed E-state index contributed by atoms with van der Waals surface area (Å²) in [5.41, 5.74) is -6.06. The van der Waals surface area contributed by atoms with Crippen LogP contribution in [0, 0.1) is 40.8 Å². The Hall–Kier alpha value is -4.24. The molecule has 1 saturated carbocycles. The van der Waals surface area contributed by atoms with Gasteiger partial charge >= 0.3 is 18.0 Å². The number of halogens is 8. The highest BCUT2D eigenvalue weighted by Crippen LogP contribution is 2.46. The van der Waals surface area contributed by atoms with Gasteiger partial charge in [0.15, 0.2) is 11.6 Å². The number of aromatic nitrogens is 1. The Morgan fingerprint density at radius 2 is 1.52 bits per heavy atom. The number of alkyl halides is 7. The molecule has 2 aliphatic heterocycles. The van der Waals surface area contributed by atoms with E-state index in [1.807, 2.05) is 6.07 Å². The zero-order valence-corrected chi connectivity index (χ0v) is 27.8. The van der Waals surface area contributed by atoms with Crippen LogP contribution in [-0.2, 0) is 19.2 Å². The lowest BCUT2D eigenvalue weighted by molar-refractivity contribution is -0.325. The van der Waals surface area contributed by atoms with Gasteiger partial charge in [-0.25, -0.2) is 13.8 Å². The molecule has 3 N–H and O–H groups in total. The van der Waals surface area contributed by atoms with Crippen LogP contribution in [0.2, 0.25) is 0 Å². The van der Waals surface area contributed by atoms with Gasteiger partial charge in [-0.05, 0) is 37.0 Å². The molecule has 4 amide bonds. The molecule has 11 nitrogen and oxygen atoms in total. The Morgan fingerprint density at radius 3 is 1.94 bits per heavy atom. The number of carbonyl (C=O) groups is 4. The van der Waals surface area contributed by atoms with Gasteiger partial charge in [0.05, 0.1) is 24.7 Å². The average Bonchev–Trinajstić information content (AvgIpc) is 3.65. The third-order valence-electron chi connectivity index (χ3n) is 8.12. The summed E-state index contributed by atoms with van der Waals surface area (Å²) in [7, 11) is 0. The molecule has 0 radical (unpaired) electrons. The van der Waals surface area contributed by atoms with Crippen molar-refractivity contribution in [3.05, 3.63) is 18.1 Å². The molecule has 19 heteroatoms. The van der Waals surface area contributed by atoms with Crippen LogP contribution < -0.4 is 10.6 Å². The van der Waals surface area contributed by atoms with E-state index in [-0.39, 0.29) is 36.5 Å². The number of nitrogens with zero attached hydrogens (tertiary/aromatic N) is 4. The largest absolute Gasteiger partial charge is 0.504 e. The summed E-state index contributed by atoms with van der Waals surface area (Å²) >= 11 is 0. The monoisotopic (exact) mass is 728 g/mol. The SMILES string of the molecule is CC(=O)N1CC(C(=O)Nc2ncc(F)cc2O)CC1C#N.CC(C)C.O=C(CNC(=O)C(F)(C(F)(F)F)C(F)(F)F)N1CC2CCCCC2C1. The van der Waals surface area contributed by atoms with Gasteiger partial charge in [-0.2, -0.15) is 31.6 Å². The number of aromatic hydroxyl groups is 1. The molecule has 0 aromatic carbocycles. The van der Waals surface area contributed by atoms with E-state index in [9.17, 15) is 59.4 Å². The van der Waals surface area contributed by atoms with Gasteiger partial charge in [0.25, 0.3) is 5.91 Å². The minimum atomic E-state index is -6.49. The van der Waals surface area contributed by atoms with Gasteiger partial charge in [0.2, 0.25) is 17.7 Å². The molecule has 3 heterocycles. The zero-order chi connectivity index (χ0) is 38.2. The smallest absolute Gasteiger partial charge is 0.441 e. The highest BCUT2D eigenvalue weighted by molar-refractivity contribution is 5.94. The summed E-state index contributed by atoms with van der Waals surface area (Å²) in [5, 5.41) is 22.0. The van der Waals surface area contributed by atoms with Crippen molar-refractivity contribution < 1.29 is 59.4 Å². The number of carbonyl (C=O) groups excluding carboxylic acids is 4. The second-order valence-electron chi connectivity index (χ2n) is 12.9. The van der Waals surface area contributed by atoms with E-state index in [2.05, 4.69) is 31.1 Å². The highest BCUT2D eigenvalue weighted by atomic mass is 19.4. The molecule has 1 aromatic heterocycles. The first kappa shape index (κ1) is 41.9. The fourth-order valence-corrected chi connectivity index (χ4v) is 5.66. The second kappa shape index (κ2) is 17.1. The van der Waals surface area contributed by atoms with E-state index >= 15 is 0 Å². The Bertz CT molecular complexity index is 1390. The van der Waals surface area contributed by atoms with E-state index in [1.165, 1.54) is 16.7 Å². The van der Waals surface area contributed by atoms with E-state index in [1.54, 1.807) is 0 Å². The number of hydrogen-bond donors (Lipinski definition) is 3. The number of hydrogen-bond acceptors (Lipinski definition) is 7. The summed E-state index contributed by atoms with van der Waals surface area (Å²) < 4.78 is 101. The van der Waals surface area contributed by atoms with Crippen LogP contribution in [0.15, 0.2) is 12.3 Å². The van der Waals surface area contributed by atoms with Crippen LogP contribution in [0.5, 0.6) is 5.75 Å². The summed E-state index contributed by atoms with van der Waals surface area (Å²) in [4.78, 5) is 52.8. The molecule has 2 saturated heterocycles. The Morgan fingerprint density at radius 1 is 1.00 bits per heavy atom. The molecule has 1 aliphatic carbocycles. The molecule has 0 bridgehead atoms. The van der Waals surface area contributed by atoms with Crippen LogP contribution >= 0.6 is 0 Å². The van der Waals surface area contributed by atoms with Gasteiger partial charge in [-0.15, -0.1) is 0 Å². The molecule has 0 spiro atoms. The van der Waals surface area contributed by atoms with Gasteiger partial charge < -0.3 is 25.5 Å². The van der Waals surface area contributed by atoms with Crippen LogP contribution in [0.4, 0.5) is 40.9 Å². The first-order chi connectivity index (χ1) is 23.0. The predicted octanol–water partition coefficient (Wildman–Crippen LogP) is 4.87. The number of pyridine rings is 1. The van der Waals surface area contributed by atoms with Gasteiger partial charge in [0.1, 0.15) is 11.9 Å². The second-order valence-corrected chi connectivity index (χ2v) is 12.9. The zero-order valence-electron chi connectivity index (χ0n) is 27.8.